The maximum atomic E-state index is 10.7. The Labute approximate surface area is 124 Å². The predicted octanol–water partition coefficient (Wildman–Crippen LogP) is 2.34. The molecule has 0 aromatic rings. The minimum absolute atomic E-state index is 0.341. The van der Waals surface area contributed by atoms with Gasteiger partial charge in [-0.1, -0.05) is 6.92 Å². The molecule has 3 aliphatic rings. The van der Waals surface area contributed by atoms with Gasteiger partial charge < -0.3 is 10.0 Å². The number of hydrogen-bond acceptors (Lipinski definition) is 3. The Morgan fingerprint density at radius 2 is 1.75 bits per heavy atom. The molecule has 0 radical (unpaired) electrons. The molecule has 0 amide bonds. The smallest absolute Gasteiger partial charge is 0.0672 e. The highest BCUT2D eigenvalue weighted by atomic mass is 16.3. The van der Waals surface area contributed by atoms with E-state index in [0.29, 0.717) is 11.5 Å². The Morgan fingerprint density at radius 3 is 2.30 bits per heavy atom. The molecule has 1 aliphatic carbocycles. The monoisotopic (exact) mass is 280 g/mol. The highest BCUT2D eigenvalue weighted by Gasteiger charge is 2.59. The van der Waals surface area contributed by atoms with Crippen molar-refractivity contribution in [2.45, 2.75) is 64.5 Å². The molecular formula is C17H32N2O. The van der Waals surface area contributed by atoms with Crippen LogP contribution < -0.4 is 0 Å². The first kappa shape index (κ1) is 14.8. The second-order valence-corrected chi connectivity index (χ2v) is 8.35. The first-order valence-corrected chi connectivity index (χ1v) is 8.59. The summed E-state index contributed by atoms with van der Waals surface area (Å²) in [6.45, 7) is 12.9. The SMILES string of the molecule is CC1CCN(CCC2(O)CC3(CN(C(C)C)C3)C2)CC1. The van der Waals surface area contributed by atoms with Gasteiger partial charge in [0.25, 0.3) is 0 Å². The van der Waals surface area contributed by atoms with Crippen LogP contribution in [0.5, 0.6) is 0 Å². The fourth-order valence-electron chi connectivity index (χ4n) is 4.58. The molecule has 3 rings (SSSR count). The summed E-state index contributed by atoms with van der Waals surface area (Å²) >= 11 is 0. The van der Waals surface area contributed by atoms with Gasteiger partial charge in [0.2, 0.25) is 0 Å². The zero-order chi connectivity index (χ0) is 14.4. The molecule has 0 unspecified atom stereocenters. The zero-order valence-corrected chi connectivity index (χ0v) is 13.6. The van der Waals surface area contributed by atoms with Crippen molar-refractivity contribution in [3.05, 3.63) is 0 Å². The molecule has 0 aromatic heterocycles. The lowest BCUT2D eigenvalue weighted by molar-refractivity contribution is -0.199. The van der Waals surface area contributed by atoms with Crippen LogP contribution in [0.1, 0.15) is 52.9 Å². The van der Waals surface area contributed by atoms with Gasteiger partial charge in [-0.3, -0.25) is 4.90 Å². The van der Waals surface area contributed by atoms with Crippen molar-refractivity contribution in [3.63, 3.8) is 0 Å². The van der Waals surface area contributed by atoms with Crippen molar-refractivity contribution in [2.24, 2.45) is 11.3 Å². The van der Waals surface area contributed by atoms with E-state index in [1.807, 2.05) is 0 Å². The van der Waals surface area contributed by atoms with Crippen molar-refractivity contribution in [1.82, 2.24) is 9.80 Å². The van der Waals surface area contributed by atoms with Crippen LogP contribution in [0.15, 0.2) is 0 Å². The third kappa shape index (κ3) is 2.90. The molecule has 1 N–H and O–H groups in total. The van der Waals surface area contributed by atoms with Crippen molar-refractivity contribution in [2.75, 3.05) is 32.7 Å². The minimum atomic E-state index is -0.341. The number of piperidine rings is 1. The van der Waals surface area contributed by atoms with Gasteiger partial charge in [0.15, 0.2) is 0 Å². The van der Waals surface area contributed by atoms with Gasteiger partial charge in [-0.05, 0) is 65.0 Å². The Morgan fingerprint density at radius 1 is 1.15 bits per heavy atom. The van der Waals surface area contributed by atoms with Crippen LogP contribution in [0.2, 0.25) is 0 Å². The largest absolute Gasteiger partial charge is 0.390 e. The first-order valence-electron chi connectivity index (χ1n) is 8.59. The molecular weight excluding hydrogens is 248 g/mol. The van der Waals surface area contributed by atoms with E-state index in [-0.39, 0.29) is 5.60 Å². The molecule has 2 heterocycles. The Balaban J connectivity index is 1.38. The molecule has 3 nitrogen and oxygen atoms in total. The molecule has 3 heteroatoms. The summed E-state index contributed by atoms with van der Waals surface area (Å²) < 4.78 is 0. The van der Waals surface area contributed by atoms with Crippen LogP contribution in [0.25, 0.3) is 0 Å². The van der Waals surface area contributed by atoms with Gasteiger partial charge in [-0.2, -0.15) is 0 Å². The fraction of sp³-hybridized carbons (Fsp3) is 1.00. The van der Waals surface area contributed by atoms with Crippen LogP contribution in [0, 0.1) is 11.3 Å². The summed E-state index contributed by atoms with van der Waals surface area (Å²) in [5.41, 5.74) is 0.140. The van der Waals surface area contributed by atoms with Crippen LogP contribution >= 0.6 is 0 Å². The molecule has 0 aromatic carbocycles. The zero-order valence-electron chi connectivity index (χ0n) is 13.6. The molecule has 0 bridgehead atoms. The molecule has 1 spiro atoms. The highest BCUT2D eigenvalue weighted by Crippen LogP contribution is 2.55. The van der Waals surface area contributed by atoms with Gasteiger partial charge in [0, 0.05) is 31.1 Å². The van der Waals surface area contributed by atoms with Crippen LogP contribution in [0.4, 0.5) is 0 Å². The van der Waals surface area contributed by atoms with E-state index in [2.05, 4.69) is 30.6 Å². The van der Waals surface area contributed by atoms with Crippen LogP contribution in [0.3, 0.4) is 0 Å². The van der Waals surface area contributed by atoms with Crippen molar-refractivity contribution in [1.29, 1.82) is 0 Å². The van der Waals surface area contributed by atoms with Crippen LogP contribution in [-0.2, 0) is 0 Å². The maximum absolute atomic E-state index is 10.7. The summed E-state index contributed by atoms with van der Waals surface area (Å²) in [6, 6.07) is 0.671. The average Bonchev–Trinajstić information content (AvgIpc) is 2.31. The van der Waals surface area contributed by atoms with Crippen LogP contribution in [-0.4, -0.2) is 59.3 Å². The van der Waals surface area contributed by atoms with E-state index in [9.17, 15) is 5.11 Å². The second kappa shape index (κ2) is 5.26. The summed E-state index contributed by atoms with van der Waals surface area (Å²) in [4.78, 5) is 5.09. The average molecular weight is 280 g/mol. The Bertz CT molecular complexity index is 333. The third-order valence-corrected chi connectivity index (χ3v) is 5.99. The predicted molar refractivity (Wildman–Crippen MR) is 82.8 cm³/mol. The lowest BCUT2D eigenvalue weighted by Crippen LogP contribution is -2.69. The maximum Gasteiger partial charge on any atom is 0.0672 e. The van der Waals surface area contributed by atoms with Crippen molar-refractivity contribution in [3.8, 4) is 0 Å². The number of nitrogens with zero attached hydrogens (tertiary/aromatic N) is 2. The molecule has 0 atom stereocenters. The van der Waals surface area contributed by atoms with Crippen molar-refractivity contribution < 1.29 is 5.11 Å². The lowest BCUT2D eigenvalue weighted by atomic mass is 9.54. The summed E-state index contributed by atoms with van der Waals surface area (Å²) in [6.07, 6.45) is 5.77. The van der Waals surface area contributed by atoms with Crippen molar-refractivity contribution >= 4 is 0 Å². The molecule has 116 valence electrons. The first-order chi connectivity index (χ1) is 9.40. The van der Waals surface area contributed by atoms with Gasteiger partial charge >= 0.3 is 0 Å². The van der Waals surface area contributed by atoms with E-state index in [1.54, 1.807) is 0 Å². The van der Waals surface area contributed by atoms with E-state index in [0.717, 1.165) is 31.7 Å². The molecule has 2 saturated heterocycles. The second-order valence-electron chi connectivity index (χ2n) is 8.35. The normalized spacial score (nSPS) is 30.4. The number of hydrogen-bond donors (Lipinski definition) is 1. The number of aliphatic hydroxyl groups is 1. The fourth-order valence-corrected chi connectivity index (χ4v) is 4.58. The highest BCUT2D eigenvalue weighted by molar-refractivity contribution is 5.12. The Kier molecular flexibility index (Phi) is 3.89. The Hall–Kier alpha value is -0.120. The van der Waals surface area contributed by atoms with E-state index >= 15 is 0 Å². The van der Waals surface area contributed by atoms with Gasteiger partial charge in [0.05, 0.1) is 5.60 Å². The third-order valence-electron chi connectivity index (χ3n) is 5.99. The minimum Gasteiger partial charge on any atom is -0.390 e. The number of likely N-dealkylation sites (tertiary alicyclic amines) is 2. The standard InChI is InChI=1S/C17H32N2O/c1-14(2)19-12-16(13-19)10-17(20,11-16)6-9-18-7-4-15(3)5-8-18/h14-15,20H,4-13H2,1-3H3. The summed E-state index contributed by atoms with van der Waals surface area (Å²) in [5.74, 6) is 0.901. The van der Waals surface area contributed by atoms with E-state index in [4.69, 9.17) is 0 Å². The van der Waals surface area contributed by atoms with Gasteiger partial charge in [-0.25, -0.2) is 0 Å². The lowest BCUT2D eigenvalue weighted by Gasteiger charge is -2.64. The molecule has 20 heavy (non-hydrogen) atoms. The van der Waals surface area contributed by atoms with E-state index < -0.39 is 0 Å². The quantitative estimate of drug-likeness (QED) is 0.856. The molecule has 2 aliphatic heterocycles. The topological polar surface area (TPSA) is 26.7 Å². The molecule has 1 saturated carbocycles. The van der Waals surface area contributed by atoms with E-state index in [1.165, 1.54) is 39.0 Å². The summed E-state index contributed by atoms with van der Waals surface area (Å²) in [5, 5.41) is 10.7. The van der Waals surface area contributed by atoms with Gasteiger partial charge in [-0.15, -0.1) is 0 Å². The molecule has 3 fully saturated rings. The summed E-state index contributed by atoms with van der Waals surface area (Å²) in [7, 11) is 0. The van der Waals surface area contributed by atoms with Gasteiger partial charge in [0.1, 0.15) is 0 Å². The number of rotatable bonds is 4.